The van der Waals surface area contributed by atoms with Crippen molar-refractivity contribution in [3.05, 3.63) is 71.1 Å². The first-order valence-corrected chi connectivity index (χ1v) is 12.5. The van der Waals surface area contributed by atoms with Gasteiger partial charge in [-0.05, 0) is 65.0 Å². The van der Waals surface area contributed by atoms with Crippen molar-refractivity contribution >= 4 is 33.4 Å². The summed E-state index contributed by atoms with van der Waals surface area (Å²) in [6.07, 6.45) is 0. The highest BCUT2D eigenvalue weighted by molar-refractivity contribution is 7.98. The molecule has 32 heavy (non-hydrogen) atoms. The smallest absolute Gasteiger partial charge is 0.256 e. The SMILES string of the molecule is Cc1noc(C)c1CSc1ccccc1C(=O)Nc1cccc(S(=O)(=O)NC(C)(C)C)c1. The van der Waals surface area contributed by atoms with E-state index in [1.807, 2.05) is 26.0 Å². The molecule has 0 aliphatic heterocycles. The van der Waals surface area contributed by atoms with Crippen LogP contribution >= 0.6 is 11.8 Å². The van der Waals surface area contributed by atoms with Gasteiger partial charge in [-0.1, -0.05) is 23.4 Å². The monoisotopic (exact) mass is 473 g/mol. The minimum Gasteiger partial charge on any atom is -0.361 e. The summed E-state index contributed by atoms with van der Waals surface area (Å²) in [6, 6.07) is 13.5. The van der Waals surface area contributed by atoms with Crippen molar-refractivity contribution in [3.63, 3.8) is 0 Å². The van der Waals surface area contributed by atoms with Crippen LogP contribution in [0.25, 0.3) is 0 Å². The number of aromatic nitrogens is 1. The Labute approximate surface area is 193 Å². The summed E-state index contributed by atoms with van der Waals surface area (Å²) in [7, 11) is -3.71. The van der Waals surface area contributed by atoms with Gasteiger partial charge in [0, 0.05) is 27.4 Å². The van der Waals surface area contributed by atoms with Crippen molar-refractivity contribution in [1.29, 1.82) is 0 Å². The summed E-state index contributed by atoms with van der Waals surface area (Å²) < 4.78 is 33.1. The van der Waals surface area contributed by atoms with E-state index < -0.39 is 15.6 Å². The van der Waals surface area contributed by atoms with E-state index >= 15 is 0 Å². The van der Waals surface area contributed by atoms with Gasteiger partial charge < -0.3 is 9.84 Å². The van der Waals surface area contributed by atoms with E-state index in [0.29, 0.717) is 17.0 Å². The number of hydrogen-bond donors (Lipinski definition) is 2. The molecular formula is C23H27N3O4S2. The van der Waals surface area contributed by atoms with Gasteiger partial charge in [0.1, 0.15) is 5.76 Å². The van der Waals surface area contributed by atoms with Crippen molar-refractivity contribution in [1.82, 2.24) is 9.88 Å². The van der Waals surface area contributed by atoms with Gasteiger partial charge in [0.25, 0.3) is 5.91 Å². The first kappa shape index (κ1) is 24.0. The molecule has 3 aromatic rings. The van der Waals surface area contributed by atoms with Crippen LogP contribution < -0.4 is 10.0 Å². The zero-order valence-corrected chi connectivity index (χ0v) is 20.4. The van der Waals surface area contributed by atoms with Crippen LogP contribution in [0, 0.1) is 13.8 Å². The minimum absolute atomic E-state index is 0.0892. The van der Waals surface area contributed by atoms with Gasteiger partial charge >= 0.3 is 0 Å². The normalized spacial score (nSPS) is 12.0. The zero-order chi connectivity index (χ0) is 23.5. The maximum Gasteiger partial charge on any atom is 0.256 e. The van der Waals surface area contributed by atoms with Gasteiger partial charge in [-0.25, -0.2) is 13.1 Å². The second-order valence-corrected chi connectivity index (χ2v) is 11.1. The molecule has 1 amide bonds. The topological polar surface area (TPSA) is 101 Å². The van der Waals surface area contributed by atoms with Gasteiger partial charge in [-0.2, -0.15) is 0 Å². The van der Waals surface area contributed by atoms with Gasteiger partial charge in [0.2, 0.25) is 10.0 Å². The number of thioether (sulfide) groups is 1. The molecule has 3 rings (SSSR count). The van der Waals surface area contributed by atoms with Gasteiger partial charge in [-0.3, -0.25) is 4.79 Å². The molecule has 7 nitrogen and oxygen atoms in total. The molecule has 0 radical (unpaired) electrons. The van der Waals surface area contributed by atoms with E-state index in [0.717, 1.165) is 21.9 Å². The van der Waals surface area contributed by atoms with Crippen molar-refractivity contribution in [3.8, 4) is 0 Å². The lowest BCUT2D eigenvalue weighted by Gasteiger charge is -2.20. The summed E-state index contributed by atoms with van der Waals surface area (Å²) in [5.41, 5.74) is 2.13. The Hall–Kier alpha value is -2.62. The average Bonchev–Trinajstić information content (AvgIpc) is 3.02. The van der Waals surface area contributed by atoms with Crippen molar-refractivity contribution in [2.45, 2.75) is 55.7 Å². The minimum atomic E-state index is -3.71. The zero-order valence-electron chi connectivity index (χ0n) is 18.7. The Bertz CT molecular complexity index is 1210. The number of carbonyl (C=O) groups excluding carboxylic acids is 1. The van der Waals surface area contributed by atoms with E-state index in [4.69, 9.17) is 4.52 Å². The van der Waals surface area contributed by atoms with Crippen LogP contribution in [0.1, 0.15) is 48.1 Å². The third kappa shape index (κ3) is 5.99. The number of nitrogens with zero attached hydrogens (tertiary/aromatic N) is 1. The molecule has 0 unspecified atom stereocenters. The lowest BCUT2D eigenvalue weighted by atomic mass is 10.1. The van der Waals surface area contributed by atoms with Crippen LogP contribution in [0.2, 0.25) is 0 Å². The number of rotatable bonds is 7. The Kier molecular flexibility index (Phi) is 7.12. The molecule has 170 valence electrons. The first-order valence-electron chi connectivity index (χ1n) is 10.1. The number of benzene rings is 2. The summed E-state index contributed by atoms with van der Waals surface area (Å²) in [6.45, 7) is 9.07. The van der Waals surface area contributed by atoms with Crippen LogP contribution in [0.5, 0.6) is 0 Å². The maximum atomic E-state index is 13.0. The van der Waals surface area contributed by atoms with Crippen LogP contribution in [0.4, 0.5) is 5.69 Å². The van der Waals surface area contributed by atoms with E-state index in [2.05, 4.69) is 15.2 Å². The molecule has 2 aromatic carbocycles. The maximum absolute atomic E-state index is 13.0. The Morgan fingerprint density at radius 2 is 1.81 bits per heavy atom. The Balaban J connectivity index is 1.78. The molecule has 0 saturated heterocycles. The highest BCUT2D eigenvalue weighted by Gasteiger charge is 2.22. The summed E-state index contributed by atoms with van der Waals surface area (Å²) >= 11 is 1.52. The number of amides is 1. The molecule has 0 aliphatic carbocycles. The Morgan fingerprint density at radius 3 is 2.47 bits per heavy atom. The molecule has 0 saturated carbocycles. The fourth-order valence-electron chi connectivity index (χ4n) is 3.04. The van der Waals surface area contributed by atoms with Crippen LogP contribution in [0.3, 0.4) is 0 Å². The largest absolute Gasteiger partial charge is 0.361 e. The fourth-order valence-corrected chi connectivity index (χ4v) is 5.71. The second kappa shape index (κ2) is 9.48. The summed E-state index contributed by atoms with van der Waals surface area (Å²) in [5.74, 6) is 1.07. The third-order valence-corrected chi connectivity index (χ3v) is 7.38. The summed E-state index contributed by atoms with van der Waals surface area (Å²) in [5, 5.41) is 6.78. The first-order chi connectivity index (χ1) is 15.0. The third-order valence-electron chi connectivity index (χ3n) is 4.53. The van der Waals surface area contributed by atoms with Crippen molar-refractivity contribution in [2.24, 2.45) is 0 Å². The molecule has 9 heteroatoms. The molecule has 2 N–H and O–H groups in total. The number of sulfonamides is 1. The molecule has 0 aliphatic rings. The van der Waals surface area contributed by atoms with Crippen LogP contribution in [-0.4, -0.2) is 25.0 Å². The molecule has 0 fully saturated rings. The highest BCUT2D eigenvalue weighted by atomic mass is 32.2. The second-order valence-electron chi connectivity index (χ2n) is 8.43. The quantitative estimate of drug-likeness (QED) is 0.473. The van der Waals surface area contributed by atoms with Gasteiger partial charge in [0.05, 0.1) is 16.2 Å². The highest BCUT2D eigenvalue weighted by Crippen LogP contribution is 2.29. The van der Waals surface area contributed by atoms with E-state index in [9.17, 15) is 13.2 Å². The molecule has 0 atom stereocenters. The number of nitrogens with one attached hydrogen (secondary N) is 2. The van der Waals surface area contributed by atoms with Crippen molar-refractivity contribution < 1.29 is 17.7 Å². The molecular weight excluding hydrogens is 446 g/mol. The van der Waals surface area contributed by atoms with Gasteiger partial charge in [0.15, 0.2) is 0 Å². The predicted octanol–water partition coefficient (Wildman–Crippen LogP) is 4.91. The van der Waals surface area contributed by atoms with Crippen LogP contribution in [-0.2, 0) is 15.8 Å². The molecule has 0 bridgehead atoms. The number of carbonyl (C=O) groups is 1. The predicted molar refractivity (Wildman–Crippen MR) is 126 cm³/mol. The fraction of sp³-hybridized carbons (Fsp3) is 0.304. The number of anilines is 1. The van der Waals surface area contributed by atoms with E-state index in [1.54, 1.807) is 45.0 Å². The number of aryl methyl sites for hydroxylation is 2. The summed E-state index contributed by atoms with van der Waals surface area (Å²) in [4.78, 5) is 13.9. The van der Waals surface area contributed by atoms with E-state index in [1.165, 1.54) is 23.9 Å². The standard InChI is InChI=1S/C23H27N3O4S2/c1-15-20(16(2)30-25-15)14-31-21-12-7-6-11-19(21)22(27)24-17-9-8-10-18(13-17)32(28,29)26-23(3,4)5/h6-13,26H,14H2,1-5H3,(H,24,27). The van der Waals surface area contributed by atoms with Gasteiger partial charge in [-0.15, -0.1) is 11.8 Å². The van der Waals surface area contributed by atoms with Crippen molar-refractivity contribution in [2.75, 3.05) is 5.32 Å². The molecule has 0 spiro atoms. The number of hydrogen-bond acceptors (Lipinski definition) is 6. The lowest BCUT2D eigenvalue weighted by molar-refractivity contribution is 0.102. The molecule has 1 aromatic heterocycles. The molecule has 1 heterocycles. The average molecular weight is 474 g/mol. The van der Waals surface area contributed by atoms with E-state index in [-0.39, 0.29) is 10.8 Å². The Morgan fingerprint density at radius 1 is 1.09 bits per heavy atom. The lowest BCUT2D eigenvalue weighted by Crippen LogP contribution is -2.40. The van der Waals surface area contributed by atoms with Crippen LogP contribution in [0.15, 0.2) is 62.8 Å².